The van der Waals surface area contributed by atoms with Crippen molar-refractivity contribution in [1.29, 1.82) is 0 Å². The Kier molecular flexibility index (Phi) is 4.34. The van der Waals surface area contributed by atoms with Gasteiger partial charge in [-0.15, -0.1) is 5.73 Å². The van der Waals surface area contributed by atoms with Crippen LogP contribution in [-0.2, 0) is 4.79 Å². The highest BCUT2D eigenvalue weighted by Gasteiger charge is 2.00. The first-order chi connectivity index (χ1) is 4.70. The molecule has 0 radical (unpaired) electrons. The number of carboxylic acids is 1. The molecule has 0 unspecified atom stereocenters. The van der Waals surface area contributed by atoms with Crippen molar-refractivity contribution in [1.82, 2.24) is 0 Å². The molecule has 0 aromatic heterocycles. The third-order valence-corrected chi connectivity index (χ3v) is 1.17. The molecule has 0 heterocycles. The van der Waals surface area contributed by atoms with Crippen LogP contribution in [0.3, 0.4) is 0 Å². The van der Waals surface area contributed by atoms with Crippen LogP contribution in [-0.4, -0.2) is 11.1 Å². The minimum absolute atomic E-state index is 0.0807. The van der Waals surface area contributed by atoms with Crippen LogP contribution in [0.1, 0.15) is 26.2 Å². The average Bonchev–Trinajstić information content (AvgIpc) is 1.86. The van der Waals surface area contributed by atoms with Gasteiger partial charge in [-0.05, 0) is 12.0 Å². The van der Waals surface area contributed by atoms with Crippen molar-refractivity contribution in [2.75, 3.05) is 0 Å². The Bertz CT molecular complexity index is 164. The van der Waals surface area contributed by atoms with Gasteiger partial charge in [0.25, 0.3) is 0 Å². The van der Waals surface area contributed by atoms with Crippen molar-refractivity contribution in [3.8, 4) is 0 Å². The molecule has 10 heavy (non-hydrogen) atoms. The summed E-state index contributed by atoms with van der Waals surface area (Å²) in [4.78, 5) is 10.2. The Morgan fingerprint density at radius 2 is 2.30 bits per heavy atom. The van der Waals surface area contributed by atoms with E-state index in [1.165, 1.54) is 0 Å². The average molecular weight is 140 g/mol. The summed E-state index contributed by atoms with van der Waals surface area (Å²) < 4.78 is 0. The van der Waals surface area contributed by atoms with Gasteiger partial charge in [0.2, 0.25) is 0 Å². The molecule has 0 aromatic rings. The lowest BCUT2D eigenvalue weighted by molar-refractivity contribution is -0.136. The fraction of sp³-hybridized carbons (Fsp3) is 0.500. The van der Waals surface area contributed by atoms with Crippen molar-refractivity contribution in [3.05, 3.63) is 17.9 Å². The van der Waals surface area contributed by atoms with E-state index in [-0.39, 0.29) is 6.42 Å². The van der Waals surface area contributed by atoms with Crippen molar-refractivity contribution in [2.24, 2.45) is 0 Å². The zero-order valence-corrected chi connectivity index (χ0v) is 6.18. The van der Waals surface area contributed by atoms with Gasteiger partial charge in [-0.2, -0.15) is 0 Å². The fourth-order valence-electron chi connectivity index (χ4n) is 0.724. The van der Waals surface area contributed by atoms with Crippen LogP contribution >= 0.6 is 0 Å². The Morgan fingerprint density at radius 3 is 2.60 bits per heavy atom. The van der Waals surface area contributed by atoms with Crippen LogP contribution in [0.2, 0.25) is 0 Å². The van der Waals surface area contributed by atoms with Crippen molar-refractivity contribution in [2.45, 2.75) is 26.2 Å². The van der Waals surface area contributed by atoms with Crippen LogP contribution < -0.4 is 0 Å². The number of carbonyl (C=O) groups is 1. The minimum atomic E-state index is -0.806. The maximum Gasteiger partial charge on any atom is 0.308 e. The van der Waals surface area contributed by atoms with Crippen LogP contribution in [0.5, 0.6) is 0 Å². The lowest BCUT2D eigenvalue weighted by Gasteiger charge is -1.96. The topological polar surface area (TPSA) is 37.3 Å². The van der Waals surface area contributed by atoms with Crippen molar-refractivity contribution < 1.29 is 9.90 Å². The van der Waals surface area contributed by atoms with Crippen LogP contribution in [0, 0.1) is 0 Å². The van der Waals surface area contributed by atoms with Gasteiger partial charge >= 0.3 is 5.97 Å². The Balaban J connectivity index is 3.86. The highest BCUT2D eigenvalue weighted by Crippen LogP contribution is 2.06. The molecule has 56 valence electrons. The lowest BCUT2D eigenvalue weighted by atomic mass is 10.1. The SMILES string of the molecule is C=C=C(CCC)CC(=O)O. The molecule has 0 amide bonds. The zero-order chi connectivity index (χ0) is 7.98. The third-order valence-electron chi connectivity index (χ3n) is 1.17. The van der Waals surface area contributed by atoms with E-state index in [0.29, 0.717) is 0 Å². The van der Waals surface area contributed by atoms with Gasteiger partial charge in [0.15, 0.2) is 0 Å². The number of carboxylic acid groups (broad SMARTS) is 1. The normalized spacial score (nSPS) is 8.50. The van der Waals surface area contributed by atoms with Gasteiger partial charge in [0, 0.05) is 0 Å². The van der Waals surface area contributed by atoms with E-state index in [2.05, 4.69) is 12.3 Å². The molecule has 0 fully saturated rings. The van der Waals surface area contributed by atoms with Gasteiger partial charge < -0.3 is 5.11 Å². The van der Waals surface area contributed by atoms with E-state index in [1.54, 1.807) is 0 Å². The first-order valence-electron chi connectivity index (χ1n) is 3.30. The summed E-state index contributed by atoms with van der Waals surface area (Å²) >= 11 is 0. The summed E-state index contributed by atoms with van der Waals surface area (Å²) in [5, 5.41) is 8.35. The summed E-state index contributed by atoms with van der Waals surface area (Å²) in [5.41, 5.74) is 3.41. The van der Waals surface area contributed by atoms with E-state index in [1.807, 2.05) is 6.92 Å². The van der Waals surface area contributed by atoms with Crippen LogP contribution in [0.4, 0.5) is 0 Å². The molecule has 0 aromatic carbocycles. The smallest absolute Gasteiger partial charge is 0.308 e. The minimum Gasteiger partial charge on any atom is -0.481 e. The molecule has 2 heteroatoms. The van der Waals surface area contributed by atoms with Gasteiger partial charge in [-0.1, -0.05) is 19.9 Å². The molecule has 0 rings (SSSR count). The molecular weight excluding hydrogens is 128 g/mol. The van der Waals surface area contributed by atoms with Gasteiger partial charge in [0.1, 0.15) is 0 Å². The lowest BCUT2D eigenvalue weighted by Crippen LogP contribution is -1.96. The third kappa shape index (κ3) is 3.93. The number of rotatable bonds is 4. The Morgan fingerprint density at radius 1 is 1.70 bits per heavy atom. The highest BCUT2D eigenvalue weighted by molar-refractivity contribution is 5.69. The summed E-state index contributed by atoms with van der Waals surface area (Å²) in [6.45, 7) is 5.41. The van der Waals surface area contributed by atoms with Crippen molar-refractivity contribution in [3.63, 3.8) is 0 Å². The van der Waals surface area contributed by atoms with Gasteiger partial charge in [-0.3, -0.25) is 4.79 Å². The molecule has 0 aliphatic heterocycles. The molecule has 0 saturated carbocycles. The summed E-state index contributed by atoms with van der Waals surface area (Å²) in [6, 6.07) is 0. The number of hydrogen-bond donors (Lipinski definition) is 1. The standard InChI is InChI=1S/C8H12O2/c1-3-5-7(4-2)6-8(9)10/h2-3,5-6H2,1H3,(H,9,10). The molecule has 0 bridgehead atoms. The van der Waals surface area contributed by atoms with Gasteiger partial charge in [0.05, 0.1) is 6.42 Å². The molecular formula is C8H12O2. The Labute approximate surface area is 60.9 Å². The van der Waals surface area contributed by atoms with Crippen LogP contribution in [0.15, 0.2) is 17.9 Å². The number of aliphatic carboxylic acids is 1. The fourth-order valence-corrected chi connectivity index (χ4v) is 0.724. The molecule has 2 nitrogen and oxygen atoms in total. The van der Waals surface area contributed by atoms with Crippen LogP contribution in [0.25, 0.3) is 0 Å². The summed E-state index contributed by atoms with van der Waals surface area (Å²) in [5.74, 6) is -0.806. The molecule has 0 saturated heterocycles. The van der Waals surface area contributed by atoms with Gasteiger partial charge in [-0.25, -0.2) is 0 Å². The van der Waals surface area contributed by atoms with E-state index >= 15 is 0 Å². The van der Waals surface area contributed by atoms with E-state index < -0.39 is 5.97 Å². The second-order valence-corrected chi connectivity index (χ2v) is 2.10. The maximum atomic E-state index is 10.2. The largest absolute Gasteiger partial charge is 0.481 e. The first kappa shape index (κ1) is 8.99. The van der Waals surface area contributed by atoms with E-state index in [0.717, 1.165) is 18.4 Å². The predicted octanol–water partition coefficient (Wildman–Crippen LogP) is 1.97. The quantitative estimate of drug-likeness (QED) is 0.606. The predicted molar refractivity (Wildman–Crippen MR) is 39.8 cm³/mol. The zero-order valence-electron chi connectivity index (χ0n) is 6.18. The summed E-state index contributed by atoms with van der Waals surface area (Å²) in [7, 11) is 0. The van der Waals surface area contributed by atoms with E-state index in [9.17, 15) is 4.79 Å². The maximum absolute atomic E-state index is 10.2. The molecule has 0 aliphatic carbocycles. The molecule has 1 N–H and O–H groups in total. The molecule has 0 spiro atoms. The number of hydrogen-bond acceptors (Lipinski definition) is 1. The second-order valence-electron chi connectivity index (χ2n) is 2.10. The Hall–Kier alpha value is -1.01. The molecule has 0 aliphatic rings. The second kappa shape index (κ2) is 4.83. The first-order valence-corrected chi connectivity index (χ1v) is 3.30. The monoisotopic (exact) mass is 140 g/mol. The molecule has 0 atom stereocenters. The van der Waals surface area contributed by atoms with Crippen molar-refractivity contribution >= 4 is 5.97 Å². The summed E-state index contributed by atoms with van der Waals surface area (Å²) in [6.07, 6.45) is 1.82. The van der Waals surface area contributed by atoms with E-state index in [4.69, 9.17) is 5.11 Å². The highest BCUT2D eigenvalue weighted by atomic mass is 16.4.